The van der Waals surface area contributed by atoms with Gasteiger partial charge in [0.25, 0.3) is 0 Å². The van der Waals surface area contributed by atoms with Gasteiger partial charge in [-0.05, 0) is 48.7 Å². The maximum absolute atomic E-state index is 13.6. The summed E-state index contributed by atoms with van der Waals surface area (Å²) in [6, 6.07) is 12.2. The van der Waals surface area contributed by atoms with Crippen LogP contribution >= 0.6 is 23.7 Å². The number of phenols is 1. The van der Waals surface area contributed by atoms with Crippen LogP contribution in [0, 0.1) is 5.41 Å². The minimum Gasteiger partial charge on any atom is -0.506 e. The molecular formula is C28H34ClFN6O4S. The van der Waals surface area contributed by atoms with E-state index in [4.69, 9.17) is 21.4 Å². The second kappa shape index (κ2) is 13.3. The molecule has 41 heavy (non-hydrogen) atoms. The molecule has 3 aromatic rings. The van der Waals surface area contributed by atoms with Gasteiger partial charge in [-0.3, -0.25) is 9.18 Å². The van der Waals surface area contributed by atoms with Crippen molar-refractivity contribution < 1.29 is 19.3 Å². The van der Waals surface area contributed by atoms with Gasteiger partial charge < -0.3 is 25.2 Å². The van der Waals surface area contributed by atoms with Crippen molar-refractivity contribution >= 4 is 35.1 Å². The van der Waals surface area contributed by atoms with Crippen molar-refractivity contribution in [1.82, 2.24) is 18.8 Å². The molecule has 0 bridgehead atoms. The number of piperazine rings is 1. The lowest BCUT2D eigenvalue weighted by Gasteiger charge is -2.35. The van der Waals surface area contributed by atoms with Crippen molar-refractivity contribution in [3.63, 3.8) is 0 Å². The molecule has 0 radical (unpaired) electrons. The maximum Gasteiger partial charge on any atom is 0.316 e. The molecule has 0 amide bonds. The lowest BCUT2D eigenvalue weighted by Crippen LogP contribution is -2.45. The summed E-state index contributed by atoms with van der Waals surface area (Å²) in [5.41, 5.74) is 1.81. The van der Waals surface area contributed by atoms with E-state index in [0.29, 0.717) is 48.3 Å². The van der Waals surface area contributed by atoms with Gasteiger partial charge in [0.2, 0.25) is 5.75 Å². The summed E-state index contributed by atoms with van der Waals surface area (Å²) in [7, 11) is 0. The Bertz CT molecular complexity index is 1400. The van der Waals surface area contributed by atoms with Gasteiger partial charge in [0.1, 0.15) is 11.4 Å². The van der Waals surface area contributed by atoms with Crippen LogP contribution in [0.15, 0.2) is 53.5 Å². The van der Waals surface area contributed by atoms with Crippen LogP contribution in [0.5, 0.6) is 11.5 Å². The van der Waals surface area contributed by atoms with Crippen molar-refractivity contribution in [1.29, 1.82) is 0 Å². The third-order valence-electron chi connectivity index (χ3n) is 7.27. The van der Waals surface area contributed by atoms with Gasteiger partial charge in [0, 0.05) is 61.8 Å². The smallest absolute Gasteiger partial charge is 0.316 e. The van der Waals surface area contributed by atoms with E-state index >= 15 is 0 Å². The van der Waals surface area contributed by atoms with E-state index in [9.17, 15) is 14.3 Å². The third kappa shape index (κ3) is 7.25. The Hall–Kier alpha value is -3.03. The molecule has 2 aliphatic rings. The number of anilines is 2. The number of nitrogens with one attached hydrogen (secondary N) is 2. The number of aromatic hydroxyl groups is 1. The monoisotopic (exact) mass is 604 g/mol. The van der Waals surface area contributed by atoms with Crippen LogP contribution in [0.1, 0.15) is 18.4 Å². The minimum absolute atomic E-state index is 0.0210. The molecule has 1 aliphatic carbocycles. The number of aliphatic hydroxyl groups excluding tert-OH is 1. The van der Waals surface area contributed by atoms with Gasteiger partial charge in [0.05, 0.1) is 37.5 Å². The number of alkyl halides is 1. The summed E-state index contributed by atoms with van der Waals surface area (Å²) in [4.78, 5) is 15.6. The molecule has 1 saturated carbocycles. The van der Waals surface area contributed by atoms with E-state index in [2.05, 4.69) is 24.3 Å². The molecule has 2 heterocycles. The van der Waals surface area contributed by atoms with Crippen LogP contribution in [0.25, 0.3) is 5.69 Å². The van der Waals surface area contributed by atoms with Gasteiger partial charge in [-0.1, -0.05) is 23.7 Å². The number of phenolic OH excluding ortho intramolecular Hbond substituents is 1. The molecule has 220 valence electrons. The van der Waals surface area contributed by atoms with E-state index in [-0.39, 0.29) is 24.7 Å². The normalized spacial score (nSPS) is 16.5. The molecule has 2 fully saturated rings. The molecule has 0 unspecified atom stereocenters. The SMILES string of the molecule is O=c1c(OCC2(CF)CC2)c(N2CCN(SNCc3ccc(O)c(NCCO)c3)CC2)cnn1-c1cccc(Cl)c1. The average molecular weight is 605 g/mol. The molecule has 5 rings (SSSR count). The zero-order valence-electron chi connectivity index (χ0n) is 22.6. The van der Waals surface area contributed by atoms with Crippen molar-refractivity contribution in [2.75, 3.05) is 62.8 Å². The van der Waals surface area contributed by atoms with Crippen LogP contribution in [0.4, 0.5) is 15.8 Å². The van der Waals surface area contributed by atoms with Crippen molar-refractivity contribution in [3.05, 3.63) is 69.6 Å². The fraction of sp³-hybridized carbons (Fsp3) is 0.429. The number of benzene rings is 2. The molecule has 0 spiro atoms. The first-order chi connectivity index (χ1) is 19.9. The molecular weight excluding hydrogens is 571 g/mol. The highest BCUT2D eigenvalue weighted by atomic mass is 35.5. The van der Waals surface area contributed by atoms with Gasteiger partial charge in [-0.15, -0.1) is 0 Å². The quantitative estimate of drug-likeness (QED) is 0.170. The van der Waals surface area contributed by atoms with Gasteiger partial charge >= 0.3 is 5.56 Å². The summed E-state index contributed by atoms with van der Waals surface area (Å²) in [5, 5.41) is 26.9. The predicted molar refractivity (Wildman–Crippen MR) is 160 cm³/mol. The molecule has 1 saturated heterocycles. The number of aromatic nitrogens is 2. The first kappa shape index (κ1) is 29.5. The fourth-order valence-electron chi connectivity index (χ4n) is 4.55. The molecule has 1 aromatic heterocycles. The minimum atomic E-state index is -0.498. The second-order valence-corrected chi connectivity index (χ2v) is 11.7. The summed E-state index contributed by atoms with van der Waals surface area (Å²) in [6.07, 6.45) is 3.14. The van der Waals surface area contributed by atoms with Crippen molar-refractivity contribution in [2.45, 2.75) is 19.4 Å². The standard InChI is InChI=1S/C28H34ClFN6O4S/c29-21-2-1-3-22(15-21)36-27(39)26(40-19-28(18-30)6-7-28)24(17-32-36)34-9-11-35(12-10-34)41-33-16-20-4-5-25(38)23(14-20)31-8-13-37/h1-5,14-15,17,31,33,37-38H,6-13,16,18-19H2. The number of halogens is 2. The number of rotatable bonds is 13. The lowest BCUT2D eigenvalue weighted by atomic mass is 10.1. The van der Waals surface area contributed by atoms with Crippen LogP contribution in [0.2, 0.25) is 5.02 Å². The molecule has 13 heteroatoms. The summed E-state index contributed by atoms with van der Waals surface area (Å²) < 4.78 is 26.5. The van der Waals surface area contributed by atoms with E-state index in [1.54, 1.807) is 36.5 Å². The van der Waals surface area contributed by atoms with Gasteiger partial charge in [-0.25, -0.2) is 9.03 Å². The number of nitrogens with zero attached hydrogens (tertiary/aromatic N) is 4. The first-order valence-corrected chi connectivity index (χ1v) is 14.7. The average Bonchev–Trinajstić information content (AvgIpc) is 3.77. The Morgan fingerprint density at radius 1 is 1.15 bits per heavy atom. The summed E-state index contributed by atoms with van der Waals surface area (Å²) in [5.74, 6) is 0.318. The van der Waals surface area contributed by atoms with Gasteiger partial charge in [-0.2, -0.15) is 9.78 Å². The molecule has 4 N–H and O–H groups in total. The Balaban J connectivity index is 1.23. The lowest BCUT2D eigenvalue weighted by molar-refractivity contribution is 0.197. The van der Waals surface area contributed by atoms with Crippen LogP contribution in [0.3, 0.4) is 0 Å². The summed E-state index contributed by atoms with van der Waals surface area (Å²) >= 11 is 7.66. The Labute approximate surface area is 247 Å². The topological polar surface area (TPSA) is 115 Å². The second-order valence-electron chi connectivity index (χ2n) is 10.3. The van der Waals surface area contributed by atoms with Crippen LogP contribution in [-0.2, 0) is 6.54 Å². The van der Waals surface area contributed by atoms with Crippen molar-refractivity contribution in [3.8, 4) is 17.2 Å². The molecule has 10 nitrogen and oxygen atoms in total. The molecule has 0 atom stereocenters. The first-order valence-electron chi connectivity index (χ1n) is 13.5. The molecule has 2 aromatic carbocycles. The van der Waals surface area contributed by atoms with Crippen molar-refractivity contribution in [2.24, 2.45) is 5.41 Å². The maximum atomic E-state index is 13.6. The zero-order chi connectivity index (χ0) is 28.8. The highest BCUT2D eigenvalue weighted by Crippen LogP contribution is 2.46. The largest absolute Gasteiger partial charge is 0.506 e. The van der Waals surface area contributed by atoms with Crippen LogP contribution in [-0.4, -0.2) is 76.9 Å². The molecule has 1 aliphatic heterocycles. The summed E-state index contributed by atoms with van der Waals surface area (Å²) in [6.45, 7) is 3.35. The number of ether oxygens (including phenoxy) is 1. The zero-order valence-corrected chi connectivity index (χ0v) is 24.1. The fourth-order valence-corrected chi connectivity index (χ4v) is 5.50. The van der Waals surface area contributed by atoms with Crippen LogP contribution < -0.4 is 25.2 Å². The number of hydrogen-bond acceptors (Lipinski definition) is 10. The highest BCUT2D eigenvalue weighted by Gasteiger charge is 2.44. The predicted octanol–water partition coefficient (Wildman–Crippen LogP) is 3.60. The van der Waals surface area contributed by atoms with Gasteiger partial charge in [0.15, 0.2) is 0 Å². The number of hydrogen-bond donors (Lipinski definition) is 4. The Kier molecular flexibility index (Phi) is 9.56. The Morgan fingerprint density at radius 2 is 1.95 bits per heavy atom. The van der Waals surface area contributed by atoms with E-state index in [1.165, 1.54) is 16.8 Å². The Morgan fingerprint density at radius 3 is 2.66 bits per heavy atom. The van der Waals surface area contributed by atoms with E-state index in [1.807, 2.05) is 12.1 Å². The van der Waals surface area contributed by atoms with E-state index < -0.39 is 17.6 Å². The van der Waals surface area contributed by atoms with E-state index in [0.717, 1.165) is 31.5 Å². The number of aliphatic hydroxyl groups is 1. The third-order valence-corrected chi connectivity index (χ3v) is 8.40. The highest BCUT2D eigenvalue weighted by molar-refractivity contribution is 7.95.